The summed E-state index contributed by atoms with van der Waals surface area (Å²) in [5.41, 5.74) is 0. The second-order valence-corrected chi connectivity index (χ2v) is 14.2. The third kappa shape index (κ3) is 16.5. The van der Waals surface area contributed by atoms with E-state index in [9.17, 15) is 10.2 Å². The van der Waals surface area contributed by atoms with E-state index < -0.39 is 6.10 Å². The summed E-state index contributed by atoms with van der Waals surface area (Å²) >= 11 is 0. The van der Waals surface area contributed by atoms with E-state index in [-0.39, 0.29) is 37.4 Å². The van der Waals surface area contributed by atoms with Crippen molar-refractivity contribution in [1.82, 2.24) is 21.3 Å². The molecule has 3 rings (SSSR count). The van der Waals surface area contributed by atoms with Gasteiger partial charge >= 0.3 is 0 Å². The van der Waals surface area contributed by atoms with Gasteiger partial charge in [0, 0.05) is 38.0 Å². The Kier molecular flexibility index (Phi) is 20.5. The fraction of sp³-hybridized carbons (Fsp3) is 0.895. The molecule has 4 atom stereocenters. The minimum absolute atomic E-state index is 0.0504. The Morgan fingerprint density at radius 3 is 1.71 bits per heavy atom. The third-order valence-corrected chi connectivity index (χ3v) is 10.1. The van der Waals surface area contributed by atoms with Crippen LogP contribution in [0.5, 0.6) is 0 Å². The number of hydrogen-bond acceptors (Lipinski definition) is 7. The van der Waals surface area contributed by atoms with Crippen LogP contribution in [0.15, 0.2) is 0 Å². The van der Waals surface area contributed by atoms with Gasteiger partial charge in [0.05, 0.1) is 19.8 Å². The zero-order valence-electron chi connectivity index (χ0n) is 28.9. The average molecular weight is 629 g/mol. The lowest BCUT2D eigenvalue weighted by molar-refractivity contribution is -0.0143. The van der Waals surface area contributed by atoms with Gasteiger partial charge in [0.25, 0.3) is 0 Å². The first-order valence-electron chi connectivity index (χ1n) is 18.9. The fourth-order valence-corrected chi connectivity index (χ4v) is 7.03. The van der Waals surface area contributed by atoms with Crippen LogP contribution in [0.4, 0.5) is 0 Å². The lowest BCUT2D eigenvalue weighted by Gasteiger charge is -2.32. The van der Waals surface area contributed by atoms with Gasteiger partial charge in [-0.25, -0.2) is 0 Å². The van der Waals surface area contributed by atoms with Crippen molar-refractivity contribution in [3.05, 3.63) is 0 Å². The molecule has 0 aromatic rings. The standard InChI is InChI=1S/C38H68N4O3/c1-3-5-7-9-11-13-15-32-24-39-37(40-25-32)21-18-31-17-19-34(35(23-31)29-45-30-36(44)28-43)20-22-38-41-26-33(27-42-38)16-14-12-10-8-6-4-2/h31-44H,3-17,19,23-30H2,1-2H3. The minimum Gasteiger partial charge on any atom is -0.394 e. The predicted octanol–water partition coefficient (Wildman–Crippen LogP) is 5.17. The molecular formula is C38H68N4O3. The van der Waals surface area contributed by atoms with Gasteiger partial charge in [-0.15, -0.1) is 0 Å². The molecule has 7 heteroatoms. The summed E-state index contributed by atoms with van der Waals surface area (Å²) in [4.78, 5) is 0. The summed E-state index contributed by atoms with van der Waals surface area (Å²) in [5.74, 6) is 16.4. The second-order valence-electron chi connectivity index (χ2n) is 14.2. The van der Waals surface area contributed by atoms with E-state index in [1.807, 2.05) is 0 Å². The van der Waals surface area contributed by atoms with Crippen LogP contribution in [0.2, 0.25) is 0 Å². The first-order valence-corrected chi connectivity index (χ1v) is 18.9. The molecule has 2 heterocycles. The fourth-order valence-electron chi connectivity index (χ4n) is 7.03. The SMILES string of the molecule is CCCCCCCCC1CNC(C#CC2CCC(C#CC3NCC(CCCCCCCC)CN3)C(COCC(O)CO)C2)NC1. The Morgan fingerprint density at radius 2 is 1.18 bits per heavy atom. The van der Waals surface area contributed by atoms with Crippen LogP contribution >= 0.6 is 0 Å². The zero-order valence-corrected chi connectivity index (χ0v) is 28.9. The van der Waals surface area contributed by atoms with Crippen molar-refractivity contribution in [1.29, 1.82) is 0 Å². The van der Waals surface area contributed by atoms with Crippen molar-refractivity contribution in [2.24, 2.45) is 29.6 Å². The molecule has 258 valence electrons. The third-order valence-electron chi connectivity index (χ3n) is 10.1. The van der Waals surface area contributed by atoms with E-state index in [1.165, 1.54) is 89.9 Å². The molecule has 0 aromatic carbocycles. The lowest BCUT2D eigenvalue weighted by atomic mass is 9.74. The van der Waals surface area contributed by atoms with Crippen LogP contribution in [0.3, 0.4) is 0 Å². The molecule has 6 N–H and O–H groups in total. The maximum absolute atomic E-state index is 9.79. The average Bonchev–Trinajstić information content (AvgIpc) is 3.07. The molecule has 3 aliphatic rings. The maximum Gasteiger partial charge on any atom is 0.121 e. The van der Waals surface area contributed by atoms with Gasteiger partial charge in [-0.05, 0) is 49.9 Å². The first kappa shape index (κ1) is 38.3. The van der Waals surface area contributed by atoms with Crippen LogP contribution in [0.1, 0.15) is 123 Å². The van der Waals surface area contributed by atoms with E-state index in [0.717, 1.165) is 45.4 Å². The quantitative estimate of drug-likeness (QED) is 0.0868. The van der Waals surface area contributed by atoms with Crippen LogP contribution in [-0.4, -0.2) is 74.6 Å². The highest BCUT2D eigenvalue weighted by molar-refractivity contribution is 5.16. The van der Waals surface area contributed by atoms with E-state index >= 15 is 0 Å². The van der Waals surface area contributed by atoms with Crippen molar-refractivity contribution < 1.29 is 14.9 Å². The highest BCUT2D eigenvalue weighted by atomic mass is 16.5. The second kappa shape index (κ2) is 24.1. The molecule has 0 amide bonds. The Balaban J connectivity index is 1.40. The van der Waals surface area contributed by atoms with E-state index in [4.69, 9.17) is 4.74 Å². The topological polar surface area (TPSA) is 97.8 Å². The molecule has 0 spiro atoms. The Bertz CT molecular complexity index is 864. The molecule has 1 aliphatic carbocycles. The highest BCUT2D eigenvalue weighted by Crippen LogP contribution is 2.34. The number of hydrogen-bond donors (Lipinski definition) is 6. The molecule has 7 nitrogen and oxygen atoms in total. The number of rotatable bonds is 19. The predicted molar refractivity (Wildman–Crippen MR) is 186 cm³/mol. The lowest BCUT2D eigenvalue weighted by Crippen LogP contribution is -2.52. The van der Waals surface area contributed by atoms with Crippen molar-refractivity contribution in [3.8, 4) is 23.7 Å². The summed E-state index contributed by atoms with van der Waals surface area (Å²) in [7, 11) is 0. The molecule has 0 bridgehead atoms. The summed E-state index contributed by atoms with van der Waals surface area (Å²) in [6, 6.07) is 0. The Morgan fingerprint density at radius 1 is 0.667 bits per heavy atom. The summed E-state index contributed by atoms with van der Waals surface area (Å²) < 4.78 is 5.86. The van der Waals surface area contributed by atoms with Gasteiger partial charge in [-0.3, -0.25) is 21.3 Å². The van der Waals surface area contributed by atoms with E-state index in [0.29, 0.717) is 24.4 Å². The van der Waals surface area contributed by atoms with E-state index in [1.54, 1.807) is 0 Å². The van der Waals surface area contributed by atoms with Gasteiger partial charge in [-0.2, -0.15) is 0 Å². The molecule has 2 saturated heterocycles. The molecule has 4 unspecified atom stereocenters. The molecule has 1 saturated carbocycles. The van der Waals surface area contributed by atoms with Crippen LogP contribution in [0.25, 0.3) is 0 Å². The van der Waals surface area contributed by atoms with Gasteiger partial charge in [0.15, 0.2) is 0 Å². The maximum atomic E-state index is 9.79. The highest BCUT2D eigenvalue weighted by Gasteiger charge is 2.30. The number of unbranched alkanes of at least 4 members (excludes halogenated alkanes) is 10. The molecule has 45 heavy (non-hydrogen) atoms. The van der Waals surface area contributed by atoms with Gasteiger partial charge in [-0.1, -0.05) is 115 Å². The van der Waals surface area contributed by atoms with Gasteiger partial charge < -0.3 is 14.9 Å². The van der Waals surface area contributed by atoms with Gasteiger partial charge in [0.1, 0.15) is 18.4 Å². The van der Waals surface area contributed by atoms with E-state index in [2.05, 4.69) is 58.8 Å². The van der Waals surface area contributed by atoms with Crippen molar-refractivity contribution in [3.63, 3.8) is 0 Å². The van der Waals surface area contributed by atoms with Crippen LogP contribution in [-0.2, 0) is 4.74 Å². The molecule has 0 aromatic heterocycles. The largest absolute Gasteiger partial charge is 0.394 e. The van der Waals surface area contributed by atoms with Crippen molar-refractivity contribution in [2.45, 2.75) is 141 Å². The number of aliphatic hydroxyl groups excluding tert-OH is 2. The zero-order chi connectivity index (χ0) is 32.0. The Hall–Kier alpha value is -1.16. The Labute approximate surface area is 276 Å². The monoisotopic (exact) mass is 629 g/mol. The molecule has 3 fully saturated rings. The van der Waals surface area contributed by atoms with Crippen molar-refractivity contribution in [2.75, 3.05) is 46.0 Å². The molecule has 2 aliphatic heterocycles. The minimum atomic E-state index is -0.832. The molecule has 0 radical (unpaired) electrons. The summed E-state index contributed by atoms with van der Waals surface area (Å²) in [6.45, 7) is 9.16. The van der Waals surface area contributed by atoms with Crippen molar-refractivity contribution >= 4 is 0 Å². The summed E-state index contributed by atoms with van der Waals surface area (Å²) in [5, 5.41) is 33.5. The number of aliphatic hydroxyl groups is 2. The number of nitrogens with one attached hydrogen (secondary N) is 4. The normalized spacial score (nSPS) is 29.3. The smallest absolute Gasteiger partial charge is 0.121 e. The van der Waals surface area contributed by atoms with Crippen LogP contribution in [0, 0.1) is 53.3 Å². The number of ether oxygens (including phenoxy) is 1. The van der Waals surface area contributed by atoms with Gasteiger partial charge in [0.2, 0.25) is 0 Å². The first-order chi connectivity index (χ1) is 22.1. The molecular weight excluding hydrogens is 560 g/mol. The summed E-state index contributed by atoms with van der Waals surface area (Å²) in [6.07, 6.45) is 21.2. The van der Waals surface area contributed by atoms with Crippen LogP contribution < -0.4 is 21.3 Å².